The average molecular weight is 355 g/mol. The molecule has 3 rings (SSSR count). The molecule has 1 aliphatic rings. The Morgan fingerprint density at radius 2 is 1.81 bits per heavy atom. The molecule has 0 unspecified atom stereocenters. The van der Waals surface area contributed by atoms with Crippen LogP contribution in [0.15, 0.2) is 36.4 Å². The molecule has 1 heterocycles. The maximum atomic E-state index is 14.6. The Hall–Kier alpha value is -2.73. The third-order valence-corrected chi connectivity index (χ3v) is 4.39. The number of nitrogens with one attached hydrogen (secondary N) is 3. The monoisotopic (exact) mass is 355 g/mol. The van der Waals surface area contributed by atoms with Crippen LogP contribution in [-0.4, -0.2) is 18.4 Å². The van der Waals surface area contributed by atoms with Gasteiger partial charge >= 0.3 is 0 Å². The van der Waals surface area contributed by atoms with E-state index in [-0.39, 0.29) is 29.2 Å². The number of halogens is 1. The van der Waals surface area contributed by atoms with Crippen molar-refractivity contribution in [1.82, 2.24) is 5.32 Å². The van der Waals surface area contributed by atoms with Crippen molar-refractivity contribution in [2.24, 2.45) is 5.92 Å². The molecular formula is C20H22FN3O2. The van der Waals surface area contributed by atoms with E-state index in [1.165, 1.54) is 0 Å². The highest BCUT2D eigenvalue weighted by molar-refractivity contribution is 6.04. The van der Waals surface area contributed by atoms with Crippen molar-refractivity contribution in [2.75, 3.05) is 17.2 Å². The van der Waals surface area contributed by atoms with Gasteiger partial charge in [-0.25, -0.2) is 4.39 Å². The van der Waals surface area contributed by atoms with Gasteiger partial charge in [0.15, 0.2) is 0 Å². The lowest BCUT2D eigenvalue weighted by Gasteiger charge is -2.19. The van der Waals surface area contributed by atoms with Crippen LogP contribution in [0.1, 0.15) is 35.3 Å². The fourth-order valence-electron chi connectivity index (χ4n) is 2.82. The molecule has 2 amide bonds. The van der Waals surface area contributed by atoms with Crippen molar-refractivity contribution in [2.45, 2.75) is 26.8 Å². The van der Waals surface area contributed by atoms with Crippen LogP contribution in [0.5, 0.6) is 0 Å². The lowest BCUT2D eigenvalue weighted by molar-refractivity contribution is -0.118. The highest BCUT2D eigenvalue weighted by Gasteiger charge is 2.18. The van der Waals surface area contributed by atoms with Crippen molar-refractivity contribution in [3.63, 3.8) is 0 Å². The van der Waals surface area contributed by atoms with Crippen molar-refractivity contribution < 1.29 is 14.0 Å². The van der Waals surface area contributed by atoms with Gasteiger partial charge in [0.05, 0.1) is 5.69 Å². The molecule has 0 saturated heterocycles. The maximum absolute atomic E-state index is 14.6. The van der Waals surface area contributed by atoms with E-state index >= 15 is 0 Å². The minimum absolute atomic E-state index is 0.0900. The number of hydrogen-bond donors (Lipinski definition) is 3. The van der Waals surface area contributed by atoms with E-state index in [4.69, 9.17) is 0 Å². The number of amides is 2. The predicted octanol–water partition coefficient (Wildman–Crippen LogP) is 3.32. The molecule has 0 aromatic heterocycles. The zero-order chi connectivity index (χ0) is 18.7. The van der Waals surface area contributed by atoms with Crippen LogP contribution >= 0.6 is 0 Å². The highest BCUT2D eigenvalue weighted by Crippen LogP contribution is 2.25. The van der Waals surface area contributed by atoms with Gasteiger partial charge in [0.2, 0.25) is 5.91 Å². The van der Waals surface area contributed by atoms with Gasteiger partial charge in [-0.2, -0.15) is 0 Å². The Balaban J connectivity index is 1.71. The molecule has 0 atom stereocenters. The smallest absolute Gasteiger partial charge is 0.255 e. The topological polar surface area (TPSA) is 70.2 Å². The lowest BCUT2D eigenvalue weighted by atomic mass is 9.99. The first-order valence-corrected chi connectivity index (χ1v) is 8.69. The van der Waals surface area contributed by atoms with Crippen molar-refractivity contribution in [3.05, 3.63) is 58.9 Å². The number of rotatable bonds is 4. The zero-order valence-corrected chi connectivity index (χ0v) is 14.9. The molecule has 2 aromatic carbocycles. The standard InChI is InChI=1S/C20H22FN3O2/c1-12(2)19(25)23-15-6-3-13(4-7-15)20(26)24-17-8-5-14-11-22-10-9-16(14)18(17)21/h3-8,12,22H,9-11H2,1-2H3,(H,23,25)(H,24,26). The fraction of sp³-hybridized carbons (Fsp3) is 0.300. The van der Waals surface area contributed by atoms with Crippen molar-refractivity contribution in [3.8, 4) is 0 Å². The Morgan fingerprint density at radius 1 is 1.08 bits per heavy atom. The zero-order valence-electron chi connectivity index (χ0n) is 14.9. The van der Waals surface area contributed by atoms with E-state index in [9.17, 15) is 14.0 Å². The van der Waals surface area contributed by atoms with Crippen LogP contribution in [0.25, 0.3) is 0 Å². The normalized spacial score (nSPS) is 13.2. The van der Waals surface area contributed by atoms with Crippen molar-refractivity contribution in [1.29, 1.82) is 0 Å². The van der Waals surface area contributed by atoms with E-state index in [1.807, 2.05) is 6.07 Å². The van der Waals surface area contributed by atoms with E-state index in [0.717, 1.165) is 12.1 Å². The van der Waals surface area contributed by atoms with Gasteiger partial charge in [0, 0.05) is 23.7 Å². The summed E-state index contributed by atoms with van der Waals surface area (Å²) in [5.74, 6) is -0.967. The Kier molecular flexibility index (Phi) is 5.32. The molecule has 0 bridgehead atoms. The van der Waals surface area contributed by atoms with Gasteiger partial charge in [-0.15, -0.1) is 0 Å². The molecular weight excluding hydrogens is 333 g/mol. The molecule has 0 aliphatic carbocycles. The average Bonchev–Trinajstić information content (AvgIpc) is 2.64. The number of anilines is 2. The molecule has 0 saturated carbocycles. The van der Waals surface area contributed by atoms with Gasteiger partial charge in [-0.1, -0.05) is 19.9 Å². The number of hydrogen-bond acceptors (Lipinski definition) is 3. The third-order valence-electron chi connectivity index (χ3n) is 4.39. The summed E-state index contributed by atoms with van der Waals surface area (Å²) < 4.78 is 14.6. The lowest BCUT2D eigenvalue weighted by Crippen LogP contribution is -2.25. The molecule has 3 N–H and O–H groups in total. The first-order chi connectivity index (χ1) is 12.5. The van der Waals surface area contributed by atoms with Gasteiger partial charge in [0.25, 0.3) is 5.91 Å². The van der Waals surface area contributed by atoms with E-state index < -0.39 is 0 Å². The summed E-state index contributed by atoms with van der Waals surface area (Å²) in [6, 6.07) is 9.95. The summed E-state index contributed by atoms with van der Waals surface area (Å²) in [6.45, 7) is 4.98. The van der Waals surface area contributed by atoms with Crippen LogP contribution in [0.2, 0.25) is 0 Å². The van der Waals surface area contributed by atoms with Crippen LogP contribution in [0, 0.1) is 11.7 Å². The highest BCUT2D eigenvalue weighted by atomic mass is 19.1. The molecule has 0 spiro atoms. The van der Waals surface area contributed by atoms with Gasteiger partial charge in [0.1, 0.15) is 5.82 Å². The maximum Gasteiger partial charge on any atom is 0.255 e. The first kappa shape index (κ1) is 18.1. The predicted molar refractivity (Wildman–Crippen MR) is 99.7 cm³/mol. The quantitative estimate of drug-likeness (QED) is 0.788. The summed E-state index contributed by atoms with van der Waals surface area (Å²) in [5.41, 5.74) is 2.79. The van der Waals surface area contributed by atoms with E-state index in [2.05, 4.69) is 16.0 Å². The summed E-state index contributed by atoms with van der Waals surface area (Å²) in [4.78, 5) is 24.1. The minimum Gasteiger partial charge on any atom is -0.326 e. The van der Waals surface area contributed by atoms with Crippen molar-refractivity contribution >= 4 is 23.2 Å². The molecule has 0 radical (unpaired) electrons. The van der Waals surface area contributed by atoms with Crippen LogP contribution < -0.4 is 16.0 Å². The number of carbonyl (C=O) groups excluding carboxylic acids is 2. The van der Waals surface area contributed by atoms with Crippen LogP contribution in [0.4, 0.5) is 15.8 Å². The molecule has 1 aliphatic heterocycles. The first-order valence-electron chi connectivity index (χ1n) is 8.69. The minimum atomic E-state index is -0.389. The summed E-state index contributed by atoms with van der Waals surface area (Å²) in [6.07, 6.45) is 0.606. The Bertz CT molecular complexity index is 832. The molecule has 6 heteroatoms. The van der Waals surface area contributed by atoms with Gasteiger partial charge in [-0.3, -0.25) is 9.59 Å². The summed E-state index contributed by atoms with van der Waals surface area (Å²) in [7, 11) is 0. The molecule has 26 heavy (non-hydrogen) atoms. The number of carbonyl (C=O) groups is 2. The van der Waals surface area contributed by atoms with Crippen LogP contribution in [0.3, 0.4) is 0 Å². The Labute approximate surface area is 152 Å². The second-order valence-electron chi connectivity index (χ2n) is 6.67. The number of fused-ring (bicyclic) bond motifs is 1. The molecule has 2 aromatic rings. The van der Waals surface area contributed by atoms with Gasteiger partial charge < -0.3 is 16.0 Å². The van der Waals surface area contributed by atoms with Gasteiger partial charge in [-0.05, 0) is 54.4 Å². The molecule has 0 fully saturated rings. The largest absolute Gasteiger partial charge is 0.326 e. The Morgan fingerprint density at radius 3 is 2.50 bits per heavy atom. The van der Waals surface area contributed by atoms with E-state index in [1.54, 1.807) is 44.2 Å². The van der Waals surface area contributed by atoms with E-state index in [0.29, 0.717) is 29.8 Å². The summed E-state index contributed by atoms with van der Waals surface area (Å²) in [5, 5.41) is 8.59. The second-order valence-corrected chi connectivity index (χ2v) is 6.67. The molecule has 5 nitrogen and oxygen atoms in total. The van der Waals surface area contributed by atoms with Crippen LogP contribution in [-0.2, 0) is 17.8 Å². The fourth-order valence-corrected chi connectivity index (χ4v) is 2.82. The number of benzene rings is 2. The third kappa shape index (κ3) is 3.91. The second kappa shape index (κ2) is 7.66. The SMILES string of the molecule is CC(C)C(=O)Nc1ccc(C(=O)Nc2ccc3c(c2F)CCNC3)cc1. The summed E-state index contributed by atoms with van der Waals surface area (Å²) >= 11 is 0. The molecule has 136 valence electrons.